The van der Waals surface area contributed by atoms with Gasteiger partial charge in [0.15, 0.2) is 11.4 Å². The summed E-state index contributed by atoms with van der Waals surface area (Å²) in [5.74, 6) is -0.0314. The number of unbranched alkanes of at least 4 members (excludes halogenated alkanes) is 2. The van der Waals surface area contributed by atoms with E-state index >= 15 is 0 Å². The number of amides is 1. The van der Waals surface area contributed by atoms with Crippen molar-refractivity contribution in [2.75, 3.05) is 39.3 Å². The standard InChI is InChI=1S/C17H26N4O5S/c1-2-3-6-9-18-17(22)14-19-10-12-20(13-11-19)27(25,26)16-8-5-4-7-15(16)21(23)24/h4-5,7-8H,2-3,6,9-14H2,1H3,(H,18,22)/p+1. The lowest BCUT2D eigenvalue weighted by Gasteiger charge is -2.31. The Hall–Kier alpha value is -2.04. The topological polar surface area (TPSA) is 114 Å². The molecule has 0 aromatic heterocycles. The predicted molar refractivity (Wildman–Crippen MR) is 100.0 cm³/mol. The van der Waals surface area contributed by atoms with Gasteiger partial charge in [0.25, 0.3) is 11.6 Å². The third-order valence-electron chi connectivity index (χ3n) is 4.62. The molecule has 0 saturated carbocycles. The molecule has 1 aliphatic rings. The van der Waals surface area contributed by atoms with Gasteiger partial charge in [-0.15, -0.1) is 0 Å². The zero-order chi connectivity index (χ0) is 19.9. The summed E-state index contributed by atoms with van der Waals surface area (Å²) < 4.78 is 26.8. The molecule has 150 valence electrons. The molecule has 0 spiro atoms. The highest BCUT2D eigenvalue weighted by molar-refractivity contribution is 7.89. The van der Waals surface area contributed by atoms with Crippen molar-refractivity contribution in [3.63, 3.8) is 0 Å². The summed E-state index contributed by atoms with van der Waals surface area (Å²) in [6, 6.07) is 5.37. The summed E-state index contributed by atoms with van der Waals surface area (Å²) in [4.78, 5) is 23.1. The van der Waals surface area contributed by atoms with Crippen LogP contribution in [0.3, 0.4) is 0 Å². The molecule has 2 N–H and O–H groups in total. The number of sulfonamides is 1. The minimum absolute atomic E-state index is 0.0314. The molecule has 10 heteroatoms. The van der Waals surface area contributed by atoms with Crippen LogP contribution >= 0.6 is 0 Å². The Bertz CT molecular complexity index is 760. The minimum atomic E-state index is -3.93. The van der Waals surface area contributed by atoms with E-state index in [9.17, 15) is 23.3 Å². The van der Waals surface area contributed by atoms with Crippen LogP contribution in [0.2, 0.25) is 0 Å². The monoisotopic (exact) mass is 399 g/mol. The average molecular weight is 399 g/mol. The molecule has 1 aliphatic heterocycles. The molecule has 0 unspecified atom stereocenters. The molecule has 0 bridgehead atoms. The number of carbonyl (C=O) groups excluding carboxylic acids is 1. The number of benzene rings is 1. The van der Waals surface area contributed by atoms with Crippen molar-refractivity contribution in [3.8, 4) is 0 Å². The number of rotatable bonds is 9. The molecule has 2 rings (SSSR count). The molecule has 1 aromatic rings. The second-order valence-electron chi connectivity index (χ2n) is 6.61. The normalized spacial score (nSPS) is 16.2. The van der Waals surface area contributed by atoms with E-state index in [1.165, 1.54) is 28.6 Å². The number of piperazine rings is 1. The van der Waals surface area contributed by atoms with Crippen molar-refractivity contribution >= 4 is 21.6 Å². The number of hydrogen-bond acceptors (Lipinski definition) is 5. The second-order valence-corrected chi connectivity index (χ2v) is 8.52. The van der Waals surface area contributed by atoms with Gasteiger partial charge in [0, 0.05) is 12.6 Å². The number of nitro groups is 1. The third-order valence-corrected chi connectivity index (χ3v) is 6.57. The van der Waals surface area contributed by atoms with Gasteiger partial charge in [0.2, 0.25) is 10.0 Å². The molecular formula is C17H27N4O5S+. The molecule has 1 aromatic carbocycles. The van der Waals surface area contributed by atoms with Crippen LogP contribution in [-0.4, -0.2) is 62.8 Å². The Labute approximate surface area is 159 Å². The van der Waals surface area contributed by atoms with Crippen LogP contribution in [0.25, 0.3) is 0 Å². The largest absolute Gasteiger partial charge is 0.351 e. The summed E-state index contributed by atoms with van der Waals surface area (Å²) in [6.07, 6.45) is 3.13. The smallest absolute Gasteiger partial charge is 0.289 e. The Morgan fingerprint density at radius 2 is 1.93 bits per heavy atom. The summed E-state index contributed by atoms with van der Waals surface area (Å²) in [5, 5.41) is 14.0. The minimum Gasteiger partial charge on any atom is -0.351 e. The predicted octanol–water partition coefficient (Wildman–Crippen LogP) is -0.210. The number of nitrogens with one attached hydrogen (secondary N) is 2. The van der Waals surface area contributed by atoms with Crippen molar-refractivity contribution in [2.24, 2.45) is 0 Å². The van der Waals surface area contributed by atoms with Crippen LogP contribution < -0.4 is 10.2 Å². The molecule has 1 saturated heterocycles. The van der Waals surface area contributed by atoms with Gasteiger partial charge in [-0.2, -0.15) is 4.31 Å². The Balaban J connectivity index is 1.91. The van der Waals surface area contributed by atoms with Crippen molar-refractivity contribution < 1.29 is 23.0 Å². The summed E-state index contributed by atoms with van der Waals surface area (Å²) in [7, 11) is -3.93. The zero-order valence-corrected chi connectivity index (χ0v) is 16.3. The quantitative estimate of drug-likeness (QED) is 0.339. The van der Waals surface area contributed by atoms with E-state index in [-0.39, 0.29) is 23.9 Å². The fourth-order valence-electron chi connectivity index (χ4n) is 3.08. The van der Waals surface area contributed by atoms with E-state index in [2.05, 4.69) is 12.2 Å². The van der Waals surface area contributed by atoms with Crippen molar-refractivity contribution in [1.82, 2.24) is 9.62 Å². The van der Waals surface area contributed by atoms with Gasteiger partial charge >= 0.3 is 0 Å². The van der Waals surface area contributed by atoms with E-state index in [4.69, 9.17) is 0 Å². The Morgan fingerprint density at radius 1 is 1.26 bits per heavy atom. The van der Waals surface area contributed by atoms with Crippen LogP contribution in [0.1, 0.15) is 26.2 Å². The van der Waals surface area contributed by atoms with E-state index in [0.717, 1.165) is 24.2 Å². The van der Waals surface area contributed by atoms with Gasteiger partial charge in [-0.3, -0.25) is 14.9 Å². The van der Waals surface area contributed by atoms with E-state index in [0.29, 0.717) is 26.2 Å². The fourth-order valence-corrected chi connectivity index (χ4v) is 4.68. The van der Waals surface area contributed by atoms with E-state index in [1.807, 2.05) is 0 Å². The fraction of sp³-hybridized carbons (Fsp3) is 0.588. The molecular weight excluding hydrogens is 372 g/mol. The van der Waals surface area contributed by atoms with Crippen LogP contribution in [0.4, 0.5) is 5.69 Å². The summed E-state index contributed by atoms with van der Waals surface area (Å²) >= 11 is 0. The number of nitro benzene ring substituents is 1. The first-order chi connectivity index (χ1) is 12.9. The van der Waals surface area contributed by atoms with Crippen molar-refractivity contribution in [1.29, 1.82) is 0 Å². The SMILES string of the molecule is CCCCCNC(=O)C[NH+]1CCN(S(=O)(=O)c2ccccc2[N+](=O)[O-])CC1. The maximum absolute atomic E-state index is 12.8. The lowest BCUT2D eigenvalue weighted by Crippen LogP contribution is -3.15. The molecule has 0 atom stereocenters. The molecule has 1 heterocycles. The lowest BCUT2D eigenvalue weighted by molar-refractivity contribution is -0.895. The van der Waals surface area contributed by atoms with Crippen molar-refractivity contribution in [3.05, 3.63) is 34.4 Å². The van der Waals surface area contributed by atoms with Crippen LogP contribution in [0.5, 0.6) is 0 Å². The van der Waals surface area contributed by atoms with Crippen LogP contribution in [0.15, 0.2) is 29.2 Å². The van der Waals surface area contributed by atoms with Gasteiger partial charge in [-0.05, 0) is 12.5 Å². The highest BCUT2D eigenvalue weighted by atomic mass is 32.2. The number of quaternary nitrogens is 1. The highest BCUT2D eigenvalue weighted by Gasteiger charge is 2.35. The van der Waals surface area contributed by atoms with Crippen molar-refractivity contribution in [2.45, 2.75) is 31.1 Å². The molecule has 27 heavy (non-hydrogen) atoms. The van der Waals surface area contributed by atoms with E-state index in [1.54, 1.807) is 0 Å². The number of hydrogen-bond donors (Lipinski definition) is 2. The van der Waals surface area contributed by atoms with Gasteiger partial charge in [0.05, 0.1) is 31.1 Å². The summed E-state index contributed by atoms with van der Waals surface area (Å²) in [5.41, 5.74) is -0.418. The van der Waals surface area contributed by atoms with Crippen LogP contribution in [-0.2, 0) is 14.8 Å². The highest BCUT2D eigenvalue weighted by Crippen LogP contribution is 2.26. The number of carbonyl (C=O) groups is 1. The molecule has 0 radical (unpaired) electrons. The third kappa shape index (κ3) is 5.72. The second kappa shape index (κ2) is 9.77. The first-order valence-corrected chi connectivity index (χ1v) is 10.6. The van der Waals surface area contributed by atoms with Gasteiger partial charge in [-0.25, -0.2) is 8.42 Å². The summed E-state index contributed by atoms with van der Waals surface area (Å²) in [6.45, 7) is 4.51. The maximum atomic E-state index is 12.8. The molecule has 1 fully saturated rings. The molecule has 0 aliphatic carbocycles. The maximum Gasteiger partial charge on any atom is 0.289 e. The number of nitrogens with zero attached hydrogens (tertiary/aromatic N) is 2. The lowest BCUT2D eigenvalue weighted by atomic mass is 10.2. The van der Waals surface area contributed by atoms with E-state index < -0.39 is 20.6 Å². The van der Waals surface area contributed by atoms with Gasteiger partial charge in [0.1, 0.15) is 0 Å². The first-order valence-electron chi connectivity index (χ1n) is 9.20. The average Bonchev–Trinajstić information content (AvgIpc) is 2.65. The van der Waals surface area contributed by atoms with Gasteiger partial charge in [-0.1, -0.05) is 31.9 Å². The molecule has 9 nitrogen and oxygen atoms in total. The number of para-hydroxylation sites is 1. The Kier molecular flexibility index (Phi) is 7.69. The zero-order valence-electron chi connectivity index (χ0n) is 15.5. The molecule has 1 amide bonds. The first kappa shape index (κ1) is 21.3. The van der Waals surface area contributed by atoms with Crippen LogP contribution in [0, 0.1) is 10.1 Å². The van der Waals surface area contributed by atoms with Gasteiger partial charge < -0.3 is 10.2 Å². The Morgan fingerprint density at radius 3 is 2.56 bits per heavy atom.